The third-order valence-corrected chi connectivity index (χ3v) is 1.46. The summed E-state index contributed by atoms with van der Waals surface area (Å²) in [7, 11) is 0. The van der Waals surface area contributed by atoms with Gasteiger partial charge in [-0.05, 0) is 12.8 Å². The molecule has 1 aliphatic rings. The lowest BCUT2D eigenvalue weighted by atomic mass is 10.3. The van der Waals surface area contributed by atoms with Gasteiger partial charge in [-0.1, -0.05) is 12.2 Å². The standard InChI is InChI=1S/C8H14N4/c1-2-4-6-10-12-8-7-11-9-5-3-1/h1-2H,3-8H2/b2-1-,11-9?,12-10?. The van der Waals surface area contributed by atoms with E-state index in [9.17, 15) is 0 Å². The summed E-state index contributed by atoms with van der Waals surface area (Å²) in [5.74, 6) is 0. The Hall–Kier alpha value is -1.06. The van der Waals surface area contributed by atoms with Crippen LogP contribution in [-0.4, -0.2) is 26.2 Å². The first-order valence-corrected chi connectivity index (χ1v) is 4.31. The molecule has 1 rings (SSSR count). The molecule has 0 aromatic carbocycles. The Morgan fingerprint density at radius 3 is 1.50 bits per heavy atom. The summed E-state index contributed by atoms with van der Waals surface area (Å²) in [6.07, 6.45) is 6.22. The minimum absolute atomic E-state index is 0.674. The molecule has 0 radical (unpaired) electrons. The lowest BCUT2D eigenvalue weighted by Gasteiger charge is -1.91. The Bertz CT molecular complexity index is 132. The van der Waals surface area contributed by atoms with Crippen LogP contribution in [0.2, 0.25) is 0 Å². The number of hydrogen-bond donors (Lipinski definition) is 0. The van der Waals surface area contributed by atoms with Gasteiger partial charge in [-0.15, -0.1) is 0 Å². The van der Waals surface area contributed by atoms with Crippen LogP contribution in [-0.2, 0) is 0 Å². The molecule has 0 bridgehead atoms. The van der Waals surface area contributed by atoms with E-state index in [-0.39, 0.29) is 0 Å². The second kappa shape index (κ2) is 6.64. The van der Waals surface area contributed by atoms with Crippen LogP contribution >= 0.6 is 0 Å². The highest BCUT2D eigenvalue weighted by Crippen LogP contribution is 1.92. The second-order valence-electron chi connectivity index (χ2n) is 2.51. The van der Waals surface area contributed by atoms with Gasteiger partial charge in [0.05, 0.1) is 26.2 Å². The SMILES string of the molecule is C1=C\CCN=NCCN=NCC/1. The van der Waals surface area contributed by atoms with E-state index in [0.29, 0.717) is 13.1 Å². The highest BCUT2D eigenvalue weighted by atomic mass is 15.1. The quantitative estimate of drug-likeness (QED) is 0.495. The van der Waals surface area contributed by atoms with Gasteiger partial charge in [-0.2, -0.15) is 20.5 Å². The monoisotopic (exact) mass is 166 g/mol. The van der Waals surface area contributed by atoms with Crippen molar-refractivity contribution in [2.75, 3.05) is 26.2 Å². The molecule has 0 aromatic rings. The normalized spacial score (nSPS) is 22.7. The Balaban J connectivity index is 2.30. The molecule has 0 aromatic heterocycles. The van der Waals surface area contributed by atoms with Crippen molar-refractivity contribution in [1.82, 2.24) is 0 Å². The predicted molar refractivity (Wildman–Crippen MR) is 47.6 cm³/mol. The van der Waals surface area contributed by atoms with Crippen molar-refractivity contribution in [3.8, 4) is 0 Å². The maximum absolute atomic E-state index is 3.98. The van der Waals surface area contributed by atoms with Crippen LogP contribution in [0, 0.1) is 0 Å². The fourth-order valence-electron chi connectivity index (χ4n) is 0.873. The zero-order valence-electron chi connectivity index (χ0n) is 7.19. The molecule has 1 aliphatic heterocycles. The zero-order chi connectivity index (χ0) is 8.49. The zero-order valence-corrected chi connectivity index (χ0v) is 7.19. The maximum Gasteiger partial charge on any atom is 0.0812 e. The van der Waals surface area contributed by atoms with Crippen LogP contribution in [0.25, 0.3) is 0 Å². The van der Waals surface area contributed by atoms with Gasteiger partial charge in [0.15, 0.2) is 0 Å². The summed E-state index contributed by atoms with van der Waals surface area (Å²) in [5, 5.41) is 15.8. The van der Waals surface area contributed by atoms with Gasteiger partial charge in [-0.25, -0.2) is 0 Å². The van der Waals surface area contributed by atoms with Crippen molar-refractivity contribution in [1.29, 1.82) is 0 Å². The van der Waals surface area contributed by atoms with Crippen LogP contribution in [0.15, 0.2) is 32.6 Å². The summed E-state index contributed by atoms with van der Waals surface area (Å²) < 4.78 is 0. The lowest BCUT2D eigenvalue weighted by molar-refractivity contribution is 0.777. The van der Waals surface area contributed by atoms with Crippen LogP contribution < -0.4 is 0 Å². The molecule has 0 unspecified atom stereocenters. The minimum atomic E-state index is 0.674. The smallest absolute Gasteiger partial charge is 0.0812 e. The third-order valence-electron chi connectivity index (χ3n) is 1.46. The first-order chi connectivity index (χ1) is 6.00. The van der Waals surface area contributed by atoms with Crippen LogP contribution in [0.3, 0.4) is 0 Å². The van der Waals surface area contributed by atoms with E-state index in [0.717, 1.165) is 25.9 Å². The lowest BCUT2D eigenvalue weighted by Crippen LogP contribution is -1.87. The molecule has 12 heavy (non-hydrogen) atoms. The molecule has 0 N–H and O–H groups in total. The van der Waals surface area contributed by atoms with Gasteiger partial charge in [0, 0.05) is 0 Å². The Kier molecular flexibility index (Phi) is 5.00. The number of rotatable bonds is 0. The van der Waals surface area contributed by atoms with Gasteiger partial charge >= 0.3 is 0 Å². The Morgan fingerprint density at radius 2 is 1.00 bits per heavy atom. The van der Waals surface area contributed by atoms with Crippen molar-refractivity contribution in [3.63, 3.8) is 0 Å². The van der Waals surface area contributed by atoms with Gasteiger partial charge in [0.1, 0.15) is 0 Å². The molecule has 0 aliphatic carbocycles. The van der Waals surface area contributed by atoms with Crippen molar-refractivity contribution < 1.29 is 0 Å². The van der Waals surface area contributed by atoms with E-state index in [2.05, 4.69) is 32.6 Å². The number of hydrogen-bond acceptors (Lipinski definition) is 4. The van der Waals surface area contributed by atoms with Gasteiger partial charge in [0.2, 0.25) is 0 Å². The van der Waals surface area contributed by atoms with Crippen molar-refractivity contribution in [2.45, 2.75) is 12.8 Å². The fourth-order valence-corrected chi connectivity index (χ4v) is 0.873. The minimum Gasteiger partial charge on any atom is -0.194 e. The topological polar surface area (TPSA) is 49.4 Å². The van der Waals surface area contributed by atoms with Crippen LogP contribution in [0.4, 0.5) is 0 Å². The summed E-state index contributed by atoms with van der Waals surface area (Å²) in [6.45, 7) is 2.95. The van der Waals surface area contributed by atoms with E-state index in [1.165, 1.54) is 0 Å². The van der Waals surface area contributed by atoms with Gasteiger partial charge in [-0.3, -0.25) is 0 Å². The van der Waals surface area contributed by atoms with Crippen LogP contribution in [0.1, 0.15) is 12.8 Å². The average molecular weight is 166 g/mol. The maximum atomic E-state index is 3.98. The third kappa shape index (κ3) is 4.71. The largest absolute Gasteiger partial charge is 0.194 e. The van der Waals surface area contributed by atoms with E-state index >= 15 is 0 Å². The van der Waals surface area contributed by atoms with E-state index in [1.54, 1.807) is 0 Å². The van der Waals surface area contributed by atoms with Crippen molar-refractivity contribution in [2.24, 2.45) is 20.5 Å². The Morgan fingerprint density at radius 1 is 0.583 bits per heavy atom. The molecule has 0 spiro atoms. The molecular weight excluding hydrogens is 152 g/mol. The predicted octanol–water partition coefficient (Wildman–Crippen LogP) is 2.24. The first-order valence-electron chi connectivity index (χ1n) is 4.31. The molecule has 4 heteroatoms. The fraction of sp³-hybridized carbons (Fsp3) is 0.750. The molecule has 66 valence electrons. The summed E-state index contributed by atoms with van der Waals surface area (Å²) >= 11 is 0. The molecule has 0 atom stereocenters. The van der Waals surface area contributed by atoms with E-state index < -0.39 is 0 Å². The molecule has 0 saturated heterocycles. The highest BCUT2D eigenvalue weighted by Gasteiger charge is 1.84. The summed E-state index contributed by atoms with van der Waals surface area (Å²) in [5.41, 5.74) is 0. The van der Waals surface area contributed by atoms with Crippen molar-refractivity contribution >= 4 is 0 Å². The Labute approximate surface area is 72.5 Å². The average Bonchev–Trinajstić information content (AvgIpc) is 2.05. The second-order valence-corrected chi connectivity index (χ2v) is 2.51. The molecule has 1 heterocycles. The number of azo groups is 2. The summed E-state index contributed by atoms with van der Waals surface area (Å²) in [6, 6.07) is 0. The molecule has 4 nitrogen and oxygen atoms in total. The van der Waals surface area contributed by atoms with Crippen LogP contribution in [0.5, 0.6) is 0 Å². The molecular formula is C8H14N4. The summed E-state index contributed by atoms with van der Waals surface area (Å²) in [4.78, 5) is 0. The van der Waals surface area contributed by atoms with Gasteiger partial charge in [0.25, 0.3) is 0 Å². The first kappa shape index (κ1) is 9.03. The highest BCUT2D eigenvalue weighted by molar-refractivity contribution is 4.82. The van der Waals surface area contributed by atoms with Crippen molar-refractivity contribution in [3.05, 3.63) is 12.2 Å². The molecule has 0 saturated carbocycles. The number of nitrogens with zero attached hydrogens (tertiary/aromatic N) is 4. The molecule has 0 fully saturated rings. The van der Waals surface area contributed by atoms with Gasteiger partial charge < -0.3 is 0 Å². The van der Waals surface area contributed by atoms with E-state index in [1.807, 2.05) is 0 Å². The van der Waals surface area contributed by atoms with E-state index in [4.69, 9.17) is 0 Å². The molecule has 0 amide bonds.